The number of carbonyl (C=O) groups excluding carboxylic acids is 2. The molecule has 0 spiro atoms. The molecule has 0 aliphatic rings. The average molecular weight is 353 g/mol. The number of carbonyl (C=O) groups is 2. The van der Waals surface area contributed by atoms with Crippen LogP contribution >= 0.6 is 11.3 Å². The molecule has 126 valence electrons. The summed E-state index contributed by atoms with van der Waals surface area (Å²) in [4.78, 5) is 31.9. The molecular weight excluding hydrogens is 338 g/mol. The van der Waals surface area contributed by atoms with Crippen LogP contribution in [0.25, 0.3) is 11.4 Å². The summed E-state index contributed by atoms with van der Waals surface area (Å²) in [6, 6.07) is 12.3. The van der Waals surface area contributed by atoms with Crippen LogP contribution in [-0.2, 0) is 4.79 Å². The molecule has 0 saturated heterocycles. The molecule has 3 aromatic rings. The summed E-state index contributed by atoms with van der Waals surface area (Å²) >= 11 is 1.32. The number of rotatable bonds is 6. The van der Waals surface area contributed by atoms with E-state index in [4.69, 9.17) is 4.74 Å². The summed E-state index contributed by atoms with van der Waals surface area (Å²) in [5.74, 6) is 0.0889. The van der Waals surface area contributed by atoms with Crippen molar-refractivity contribution in [1.29, 1.82) is 0 Å². The van der Waals surface area contributed by atoms with Crippen LogP contribution < -0.4 is 10.1 Å². The van der Waals surface area contributed by atoms with Crippen LogP contribution in [0.4, 0.5) is 5.13 Å². The Morgan fingerprint density at radius 3 is 2.80 bits per heavy atom. The zero-order valence-corrected chi connectivity index (χ0v) is 14.2. The summed E-state index contributed by atoms with van der Waals surface area (Å²) in [5.41, 5.74) is 1.99. The molecule has 7 heteroatoms. The highest BCUT2D eigenvalue weighted by atomic mass is 32.1. The Labute approximate surface area is 148 Å². The number of pyridine rings is 1. The van der Waals surface area contributed by atoms with Crippen molar-refractivity contribution in [3.05, 3.63) is 59.6 Å². The number of aromatic nitrogens is 2. The number of Topliss-reactive ketones (excluding diaryl/α,β-unsaturated/α-hetero) is 1. The molecule has 6 nitrogen and oxygen atoms in total. The van der Waals surface area contributed by atoms with E-state index in [1.165, 1.54) is 18.3 Å². The largest absolute Gasteiger partial charge is 0.484 e. The van der Waals surface area contributed by atoms with Crippen molar-refractivity contribution in [2.75, 3.05) is 11.9 Å². The summed E-state index contributed by atoms with van der Waals surface area (Å²) in [7, 11) is 0. The first-order valence-corrected chi connectivity index (χ1v) is 8.40. The number of ketones is 1. The highest BCUT2D eigenvalue weighted by Gasteiger charge is 2.10. The standard InChI is InChI=1S/C18H15N3O3S/c1-12(22)13-5-4-6-14(9-13)24-10-17(23)21-18-20-16(11-25-18)15-7-2-3-8-19-15/h2-9,11H,10H2,1H3,(H,20,21,23). The lowest BCUT2D eigenvalue weighted by atomic mass is 10.1. The van der Waals surface area contributed by atoms with Crippen LogP contribution in [-0.4, -0.2) is 28.3 Å². The second-order valence-electron chi connectivity index (χ2n) is 5.17. The lowest BCUT2D eigenvalue weighted by Gasteiger charge is -2.06. The van der Waals surface area contributed by atoms with Crippen molar-refractivity contribution in [2.45, 2.75) is 6.92 Å². The molecule has 0 aliphatic carbocycles. The molecule has 1 amide bonds. The molecule has 2 heterocycles. The quantitative estimate of drug-likeness (QED) is 0.687. The Balaban J connectivity index is 1.57. The SMILES string of the molecule is CC(=O)c1cccc(OCC(=O)Nc2nc(-c3ccccn3)cs2)c1. The second kappa shape index (κ2) is 7.67. The summed E-state index contributed by atoms with van der Waals surface area (Å²) in [6.07, 6.45) is 1.69. The van der Waals surface area contributed by atoms with Crippen molar-refractivity contribution in [3.8, 4) is 17.1 Å². The van der Waals surface area contributed by atoms with Crippen molar-refractivity contribution >= 4 is 28.2 Å². The number of amides is 1. The van der Waals surface area contributed by atoms with E-state index < -0.39 is 0 Å². The van der Waals surface area contributed by atoms with Gasteiger partial charge in [-0.15, -0.1) is 11.3 Å². The molecule has 0 fully saturated rings. The van der Waals surface area contributed by atoms with Crippen molar-refractivity contribution < 1.29 is 14.3 Å². The first kappa shape index (κ1) is 16.8. The third-order valence-corrected chi connectivity index (χ3v) is 4.05. The van der Waals surface area contributed by atoms with Gasteiger partial charge in [-0.2, -0.15) is 0 Å². The molecule has 1 aromatic carbocycles. The van der Waals surface area contributed by atoms with Gasteiger partial charge in [0.15, 0.2) is 17.5 Å². The molecule has 3 rings (SSSR count). The maximum atomic E-state index is 12.0. The maximum absolute atomic E-state index is 12.0. The number of nitrogens with one attached hydrogen (secondary N) is 1. The van der Waals surface area contributed by atoms with Crippen LogP contribution in [0.15, 0.2) is 54.0 Å². The van der Waals surface area contributed by atoms with E-state index in [-0.39, 0.29) is 18.3 Å². The molecule has 2 aromatic heterocycles. The molecule has 0 unspecified atom stereocenters. The normalized spacial score (nSPS) is 10.3. The fourth-order valence-corrected chi connectivity index (χ4v) is 2.79. The summed E-state index contributed by atoms with van der Waals surface area (Å²) in [5, 5.41) is 5.00. The van der Waals surface area contributed by atoms with Crippen LogP contribution in [0.3, 0.4) is 0 Å². The van der Waals surface area contributed by atoms with Gasteiger partial charge in [-0.1, -0.05) is 18.2 Å². The van der Waals surface area contributed by atoms with E-state index in [1.807, 2.05) is 23.6 Å². The Morgan fingerprint density at radius 1 is 1.16 bits per heavy atom. The minimum Gasteiger partial charge on any atom is -0.484 e. The van der Waals surface area contributed by atoms with Crippen LogP contribution in [0.2, 0.25) is 0 Å². The Bertz CT molecular complexity index is 893. The smallest absolute Gasteiger partial charge is 0.264 e. The van der Waals surface area contributed by atoms with Gasteiger partial charge in [-0.05, 0) is 31.2 Å². The highest BCUT2D eigenvalue weighted by Crippen LogP contribution is 2.23. The van der Waals surface area contributed by atoms with E-state index in [2.05, 4.69) is 15.3 Å². The van der Waals surface area contributed by atoms with E-state index in [0.717, 1.165) is 5.69 Å². The van der Waals surface area contributed by atoms with Gasteiger partial charge in [0.05, 0.1) is 5.69 Å². The van der Waals surface area contributed by atoms with E-state index in [0.29, 0.717) is 22.1 Å². The molecule has 0 aliphatic heterocycles. The van der Waals surface area contributed by atoms with Gasteiger partial charge in [0.2, 0.25) is 0 Å². The van der Waals surface area contributed by atoms with Crippen LogP contribution in [0, 0.1) is 0 Å². The van der Waals surface area contributed by atoms with Gasteiger partial charge in [0.25, 0.3) is 5.91 Å². The number of anilines is 1. The molecule has 0 saturated carbocycles. The predicted octanol–water partition coefficient (Wildman–Crippen LogP) is 3.43. The van der Waals surface area contributed by atoms with Crippen LogP contribution in [0.1, 0.15) is 17.3 Å². The molecular formula is C18H15N3O3S. The lowest BCUT2D eigenvalue weighted by Crippen LogP contribution is -2.20. The summed E-state index contributed by atoms with van der Waals surface area (Å²) in [6.45, 7) is 1.31. The fourth-order valence-electron chi connectivity index (χ4n) is 2.07. The number of nitrogens with zero attached hydrogens (tertiary/aromatic N) is 2. The third kappa shape index (κ3) is 4.48. The van der Waals surface area contributed by atoms with Crippen molar-refractivity contribution in [1.82, 2.24) is 9.97 Å². The third-order valence-electron chi connectivity index (χ3n) is 3.29. The first-order valence-electron chi connectivity index (χ1n) is 7.52. The Morgan fingerprint density at radius 2 is 2.04 bits per heavy atom. The average Bonchev–Trinajstić information content (AvgIpc) is 3.09. The summed E-state index contributed by atoms with van der Waals surface area (Å²) < 4.78 is 5.42. The van der Waals surface area contributed by atoms with Gasteiger partial charge in [-0.3, -0.25) is 19.9 Å². The van der Waals surface area contributed by atoms with Gasteiger partial charge in [0, 0.05) is 17.1 Å². The number of thiazole rings is 1. The zero-order valence-electron chi connectivity index (χ0n) is 13.4. The van der Waals surface area contributed by atoms with Gasteiger partial charge < -0.3 is 4.74 Å². The van der Waals surface area contributed by atoms with Gasteiger partial charge >= 0.3 is 0 Å². The Kier molecular flexibility index (Phi) is 5.15. The predicted molar refractivity (Wildman–Crippen MR) is 95.9 cm³/mol. The maximum Gasteiger partial charge on any atom is 0.264 e. The van der Waals surface area contributed by atoms with Crippen LogP contribution in [0.5, 0.6) is 5.75 Å². The monoisotopic (exact) mass is 353 g/mol. The number of hydrogen-bond acceptors (Lipinski definition) is 6. The highest BCUT2D eigenvalue weighted by molar-refractivity contribution is 7.14. The first-order chi connectivity index (χ1) is 12.1. The molecule has 25 heavy (non-hydrogen) atoms. The molecule has 0 radical (unpaired) electrons. The van der Waals surface area contributed by atoms with Crippen molar-refractivity contribution in [2.24, 2.45) is 0 Å². The Hall–Kier alpha value is -3.06. The second-order valence-corrected chi connectivity index (χ2v) is 6.03. The van der Waals surface area contributed by atoms with Gasteiger partial charge in [0.1, 0.15) is 11.4 Å². The lowest BCUT2D eigenvalue weighted by molar-refractivity contribution is -0.118. The number of hydrogen-bond donors (Lipinski definition) is 1. The molecule has 0 atom stereocenters. The minimum atomic E-state index is -0.324. The van der Waals surface area contributed by atoms with E-state index >= 15 is 0 Å². The van der Waals surface area contributed by atoms with Crippen molar-refractivity contribution in [3.63, 3.8) is 0 Å². The number of benzene rings is 1. The van der Waals surface area contributed by atoms with E-state index in [9.17, 15) is 9.59 Å². The minimum absolute atomic E-state index is 0.0558. The number of ether oxygens (including phenoxy) is 1. The van der Waals surface area contributed by atoms with Gasteiger partial charge in [-0.25, -0.2) is 4.98 Å². The molecule has 0 bridgehead atoms. The topological polar surface area (TPSA) is 81.2 Å². The fraction of sp³-hybridized carbons (Fsp3) is 0.111. The molecule has 1 N–H and O–H groups in total. The zero-order chi connectivity index (χ0) is 17.6. The van der Waals surface area contributed by atoms with E-state index in [1.54, 1.807) is 30.5 Å².